The van der Waals surface area contributed by atoms with Gasteiger partial charge in [0.1, 0.15) is 0 Å². The zero-order valence-corrected chi connectivity index (χ0v) is 10.0. The number of likely N-dealkylation sites (N-methyl/N-ethyl adjacent to an activating group) is 1. The molecule has 0 heterocycles. The SMILES string of the molecule is CNC(=O)COC(=O)/C=C/c1ccccc1Cl. The first-order chi connectivity index (χ1) is 8.13. The summed E-state index contributed by atoms with van der Waals surface area (Å²) in [5.41, 5.74) is 0.714. The van der Waals surface area contributed by atoms with E-state index in [2.05, 4.69) is 10.1 Å². The van der Waals surface area contributed by atoms with Gasteiger partial charge in [0.25, 0.3) is 5.91 Å². The lowest BCUT2D eigenvalue weighted by Gasteiger charge is -2.00. The summed E-state index contributed by atoms with van der Waals surface area (Å²) in [6.45, 7) is -0.289. The lowest BCUT2D eigenvalue weighted by molar-refractivity contribution is -0.143. The molecule has 0 aliphatic heterocycles. The molecule has 0 radical (unpaired) electrons. The third-order valence-electron chi connectivity index (χ3n) is 1.93. The van der Waals surface area contributed by atoms with Gasteiger partial charge < -0.3 is 10.1 Å². The predicted octanol–water partition coefficient (Wildman–Crippen LogP) is 1.64. The zero-order chi connectivity index (χ0) is 12.7. The summed E-state index contributed by atoms with van der Waals surface area (Å²) in [4.78, 5) is 22.0. The van der Waals surface area contributed by atoms with E-state index in [4.69, 9.17) is 11.6 Å². The summed E-state index contributed by atoms with van der Waals surface area (Å²) in [7, 11) is 1.47. The van der Waals surface area contributed by atoms with Crippen molar-refractivity contribution in [2.75, 3.05) is 13.7 Å². The lowest BCUT2D eigenvalue weighted by Crippen LogP contribution is -2.24. The molecule has 0 spiro atoms. The average Bonchev–Trinajstić information content (AvgIpc) is 2.35. The van der Waals surface area contributed by atoms with Crippen molar-refractivity contribution in [3.8, 4) is 0 Å². The van der Waals surface area contributed by atoms with Crippen LogP contribution in [0.1, 0.15) is 5.56 Å². The number of carbonyl (C=O) groups is 2. The van der Waals surface area contributed by atoms with Gasteiger partial charge in [-0.05, 0) is 17.7 Å². The van der Waals surface area contributed by atoms with Crippen molar-refractivity contribution in [3.05, 3.63) is 40.9 Å². The number of hydrogen-bond acceptors (Lipinski definition) is 3. The third kappa shape index (κ3) is 4.70. The minimum atomic E-state index is -0.589. The van der Waals surface area contributed by atoms with E-state index in [-0.39, 0.29) is 12.5 Å². The molecule has 1 N–H and O–H groups in total. The van der Waals surface area contributed by atoms with Crippen molar-refractivity contribution >= 4 is 29.6 Å². The van der Waals surface area contributed by atoms with Crippen molar-refractivity contribution in [1.82, 2.24) is 5.32 Å². The molecule has 0 bridgehead atoms. The molecule has 17 heavy (non-hydrogen) atoms. The van der Waals surface area contributed by atoms with Crippen LogP contribution in [-0.2, 0) is 14.3 Å². The van der Waals surface area contributed by atoms with Crippen LogP contribution in [0.5, 0.6) is 0 Å². The van der Waals surface area contributed by atoms with Crippen LogP contribution in [0.25, 0.3) is 6.08 Å². The second kappa shape index (κ2) is 6.70. The molecule has 90 valence electrons. The fraction of sp³-hybridized carbons (Fsp3) is 0.167. The van der Waals surface area contributed by atoms with E-state index in [1.54, 1.807) is 24.3 Å². The normalized spacial score (nSPS) is 10.2. The summed E-state index contributed by atoms with van der Waals surface area (Å²) < 4.78 is 4.68. The van der Waals surface area contributed by atoms with Crippen molar-refractivity contribution in [3.63, 3.8) is 0 Å². The van der Waals surface area contributed by atoms with E-state index in [0.717, 1.165) is 0 Å². The second-order valence-corrected chi connectivity index (χ2v) is 3.54. The van der Waals surface area contributed by atoms with Crippen LogP contribution in [0.4, 0.5) is 0 Å². The average molecular weight is 254 g/mol. The minimum absolute atomic E-state index is 0.289. The Kier molecular flexibility index (Phi) is 5.23. The number of amides is 1. The smallest absolute Gasteiger partial charge is 0.331 e. The molecule has 0 aromatic heterocycles. The van der Waals surface area contributed by atoms with Crippen molar-refractivity contribution in [1.29, 1.82) is 0 Å². The van der Waals surface area contributed by atoms with Crippen LogP contribution in [0.3, 0.4) is 0 Å². The van der Waals surface area contributed by atoms with Gasteiger partial charge in [-0.15, -0.1) is 0 Å². The maximum absolute atomic E-state index is 11.2. The minimum Gasteiger partial charge on any atom is -0.452 e. The number of rotatable bonds is 4. The first-order valence-electron chi connectivity index (χ1n) is 4.93. The van der Waals surface area contributed by atoms with E-state index in [1.165, 1.54) is 19.2 Å². The highest BCUT2D eigenvalue weighted by molar-refractivity contribution is 6.32. The summed E-state index contributed by atoms with van der Waals surface area (Å²) in [6.07, 6.45) is 2.76. The van der Waals surface area contributed by atoms with Gasteiger partial charge in [0.15, 0.2) is 6.61 Å². The molecule has 5 heteroatoms. The Morgan fingerprint density at radius 1 is 1.41 bits per heavy atom. The van der Waals surface area contributed by atoms with Gasteiger partial charge in [-0.2, -0.15) is 0 Å². The number of hydrogen-bond donors (Lipinski definition) is 1. The molecule has 1 aromatic carbocycles. The Hall–Kier alpha value is -1.81. The van der Waals surface area contributed by atoms with Crippen molar-refractivity contribution in [2.45, 2.75) is 0 Å². The highest BCUT2D eigenvalue weighted by Gasteiger charge is 2.02. The van der Waals surface area contributed by atoms with Crippen LogP contribution in [0, 0.1) is 0 Å². The largest absolute Gasteiger partial charge is 0.452 e. The quantitative estimate of drug-likeness (QED) is 0.656. The van der Waals surface area contributed by atoms with Crippen LogP contribution >= 0.6 is 11.6 Å². The fourth-order valence-corrected chi connectivity index (χ4v) is 1.22. The highest BCUT2D eigenvalue weighted by atomic mass is 35.5. The number of ether oxygens (including phenoxy) is 1. The van der Waals surface area contributed by atoms with Crippen molar-refractivity contribution < 1.29 is 14.3 Å². The molecular formula is C12H12ClNO3. The highest BCUT2D eigenvalue weighted by Crippen LogP contribution is 2.16. The van der Waals surface area contributed by atoms with E-state index in [1.807, 2.05) is 0 Å². The third-order valence-corrected chi connectivity index (χ3v) is 2.27. The number of nitrogens with one attached hydrogen (secondary N) is 1. The van der Waals surface area contributed by atoms with E-state index < -0.39 is 5.97 Å². The first kappa shape index (κ1) is 13.3. The standard InChI is InChI=1S/C12H12ClNO3/c1-14-11(15)8-17-12(16)7-6-9-4-2-3-5-10(9)13/h2-7H,8H2,1H3,(H,14,15)/b7-6+. The number of benzene rings is 1. The van der Waals surface area contributed by atoms with Crippen molar-refractivity contribution in [2.24, 2.45) is 0 Å². The summed E-state index contributed by atoms with van der Waals surface area (Å²) >= 11 is 5.89. The van der Waals surface area contributed by atoms with Gasteiger partial charge >= 0.3 is 5.97 Å². The van der Waals surface area contributed by atoms with E-state index >= 15 is 0 Å². The topological polar surface area (TPSA) is 55.4 Å². The summed E-state index contributed by atoms with van der Waals surface area (Å²) in [6, 6.07) is 7.09. The number of halogens is 1. The Morgan fingerprint density at radius 3 is 2.76 bits per heavy atom. The Labute approximate surface area is 104 Å². The van der Waals surface area contributed by atoms with Gasteiger partial charge in [-0.1, -0.05) is 29.8 Å². The predicted molar refractivity (Wildman–Crippen MR) is 65.5 cm³/mol. The van der Waals surface area contributed by atoms with Crippen LogP contribution in [-0.4, -0.2) is 25.5 Å². The van der Waals surface area contributed by atoms with E-state index in [9.17, 15) is 9.59 Å². The molecule has 0 atom stereocenters. The maximum Gasteiger partial charge on any atom is 0.331 e. The summed E-state index contributed by atoms with van der Waals surface area (Å²) in [5, 5.41) is 2.89. The zero-order valence-electron chi connectivity index (χ0n) is 9.27. The molecule has 0 saturated carbocycles. The molecule has 1 amide bonds. The molecule has 0 aliphatic rings. The van der Waals surface area contributed by atoms with Crippen LogP contribution in [0.2, 0.25) is 5.02 Å². The molecule has 0 saturated heterocycles. The summed E-state index contributed by atoms with van der Waals surface area (Å²) in [5.74, 6) is -0.946. The number of esters is 1. The number of carbonyl (C=O) groups excluding carboxylic acids is 2. The van der Waals surface area contributed by atoms with Gasteiger partial charge in [-0.25, -0.2) is 4.79 Å². The van der Waals surface area contributed by atoms with Gasteiger partial charge in [0.2, 0.25) is 0 Å². The van der Waals surface area contributed by atoms with Crippen LogP contribution in [0.15, 0.2) is 30.3 Å². The second-order valence-electron chi connectivity index (χ2n) is 3.14. The molecular weight excluding hydrogens is 242 g/mol. The molecule has 0 unspecified atom stereocenters. The molecule has 0 aliphatic carbocycles. The monoisotopic (exact) mass is 253 g/mol. The first-order valence-corrected chi connectivity index (χ1v) is 5.31. The molecule has 1 aromatic rings. The molecule has 4 nitrogen and oxygen atoms in total. The lowest BCUT2D eigenvalue weighted by atomic mass is 10.2. The van der Waals surface area contributed by atoms with Gasteiger partial charge in [0.05, 0.1) is 0 Å². The Morgan fingerprint density at radius 2 is 2.12 bits per heavy atom. The van der Waals surface area contributed by atoms with Gasteiger partial charge in [0, 0.05) is 18.1 Å². The fourth-order valence-electron chi connectivity index (χ4n) is 1.03. The van der Waals surface area contributed by atoms with Gasteiger partial charge in [-0.3, -0.25) is 4.79 Å². The Balaban J connectivity index is 2.51. The van der Waals surface area contributed by atoms with E-state index in [0.29, 0.717) is 10.6 Å². The Bertz CT molecular complexity index is 443. The molecule has 1 rings (SSSR count). The molecule has 0 fully saturated rings. The van der Waals surface area contributed by atoms with Crippen LogP contribution < -0.4 is 5.32 Å². The maximum atomic E-state index is 11.2.